The van der Waals surface area contributed by atoms with Gasteiger partial charge >= 0.3 is 0 Å². The lowest BCUT2D eigenvalue weighted by Gasteiger charge is -2.25. The van der Waals surface area contributed by atoms with Crippen LogP contribution in [-0.2, 0) is 14.4 Å². The Morgan fingerprint density at radius 1 is 1.17 bits per heavy atom. The number of rotatable bonds is 0. The lowest BCUT2D eigenvalue weighted by atomic mass is 10.0. The second kappa shape index (κ2) is 2.40. The summed E-state index contributed by atoms with van der Waals surface area (Å²) in [5.41, 5.74) is 0. The largest absolute Gasteiger partial charge is 0.297 e. The van der Waals surface area contributed by atoms with Gasteiger partial charge < -0.3 is 0 Å². The molecule has 0 aliphatic carbocycles. The third-order valence-electron chi connectivity index (χ3n) is 2.41. The third kappa shape index (κ3) is 0.873. The van der Waals surface area contributed by atoms with Crippen molar-refractivity contribution in [3.05, 3.63) is 0 Å². The Balaban J connectivity index is 2.30. The summed E-state index contributed by atoms with van der Waals surface area (Å²) in [4.78, 5) is 34.6. The van der Waals surface area contributed by atoms with Gasteiger partial charge in [0, 0.05) is 6.42 Å². The second-order valence-corrected chi connectivity index (χ2v) is 3.21. The molecular formula is C8H9NO3. The summed E-state index contributed by atoms with van der Waals surface area (Å²) in [5, 5.41) is 0. The molecule has 12 heavy (non-hydrogen) atoms. The normalized spacial score (nSPS) is 29.5. The van der Waals surface area contributed by atoms with Gasteiger partial charge in [0.2, 0.25) is 11.8 Å². The third-order valence-corrected chi connectivity index (χ3v) is 2.41. The van der Waals surface area contributed by atoms with Crippen LogP contribution < -0.4 is 0 Å². The van der Waals surface area contributed by atoms with Gasteiger partial charge in [-0.05, 0) is 12.8 Å². The lowest BCUT2D eigenvalue weighted by Crippen LogP contribution is -2.43. The average Bonchev–Trinajstić information content (AvgIpc) is 2.29. The SMILES string of the molecule is O=C1CC(=O)N2C(=O)CCC[C@@H]12. The molecule has 1 atom stereocenters. The highest BCUT2D eigenvalue weighted by Gasteiger charge is 2.43. The molecule has 4 nitrogen and oxygen atoms in total. The monoisotopic (exact) mass is 167 g/mol. The molecule has 2 aliphatic heterocycles. The molecule has 2 aliphatic rings. The van der Waals surface area contributed by atoms with E-state index in [4.69, 9.17) is 0 Å². The summed E-state index contributed by atoms with van der Waals surface area (Å²) in [6.45, 7) is 0. The average molecular weight is 167 g/mol. The van der Waals surface area contributed by atoms with Gasteiger partial charge in [0.15, 0.2) is 5.78 Å². The van der Waals surface area contributed by atoms with E-state index in [1.807, 2.05) is 0 Å². The van der Waals surface area contributed by atoms with E-state index in [9.17, 15) is 14.4 Å². The minimum Gasteiger partial charge on any atom is -0.297 e. The van der Waals surface area contributed by atoms with Crippen molar-refractivity contribution < 1.29 is 14.4 Å². The predicted octanol–water partition coefficient (Wildman–Crippen LogP) is -0.133. The first-order valence-corrected chi connectivity index (χ1v) is 4.08. The number of piperidine rings is 1. The summed E-state index contributed by atoms with van der Waals surface area (Å²) in [6.07, 6.45) is 1.74. The molecule has 0 radical (unpaired) electrons. The van der Waals surface area contributed by atoms with Crippen LogP contribution in [0, 0.1) is 0 Å². The molecule has 0 unspecified atom stereocenters. The molecule has 0 bridgehead atoms. The van der Waals surface area contributed by atoms with Crippen molar-refractivity contribution >= 4 is 17.6 Å². The zero-order valence-electron chi connectivity index (χ0n) is 6.58. The highest BCUT2D eigenvalue weighted by molar-refractivity contribution is 6.14. The highest BCUT2D eigenvalue weighted by atomic mass is 16.2. The van der Waals surface area contributed by atoms with Crippen LogP contribution in [0.5, 0.6) is 0 Å². The minimum absolute atomic E-state index is 0.0730. The van der Waals surface area contributed by atoms with Crippen LogP contribution in [-0.4, -0.2) is 28.5 Å². The molecule has 2 fully saturated rings. The molecule has 2 amide bonds. The number of amides is 2. The smallest absolute Gasteiger partial charge is 0.237 e. The Morgan fingerprint density at radius 3 is 2.58 bits per heavy atom. The molecule has 64 valence electrons. The first-order chi connectivity index (χ1) is 5.70. The Morgan fingerprint density at radius 2 is 1.92 bits per heavy atom. The van der Waals surface area contributed by atoms with Crippen LogP contribution in [0.2, 0.25) is 0 Å². The predicted molar refractivity (Wildman–Crippen MR) is 39.1 cm³/mol. The van der Waals surface area contributed by atoms with Gasteiger partial charge in [0.05, 0.1) is 12.5 Å². The first-order valence-electron chi connectivity index (χ1n) is 4.08. The van der Waals surface area contributed by atoms with E-state index in [0.29, 0.717) is 12.8 Å². The van der Waals surface area contributed by atoms with Crippen molar-refractivity contribution in [1.82, 2.24) is 4.90 Å². The van der Waals surface area contributed by atoms with Gasteiger partial charge in [0.25, 0.3) is 0 Å². The van der Waals surface area contributed by atoms with E-state index in [1.54, 1.807) is 0 Å². The minimum atomic E-state index is -0.418. The van der Waals surface area contributed by atoms with E-state index < -0.39 is 6.04 Å². The van der Waals surface area contributed by atoms with E-state index in [1.165, 1.54) is 0 Å². The summed E-state index contributed by atoms with van der Waals surface area (Å²) in [6, 6.07) is -0.418. The molecule has 2 saturated heterocycles. The molecule has 0 aromatic heterocycles. The molecule has 0 spiro atoms. The fraction of sp³-hybridized carbons (Fsp3) is 0.625. The van der Waals surface area contributed by atoms with Crippen molar-refractivity contribution in [3.8, 4) is 0 Å². The van der Waals surface area contributed by atoms with Crippen molar-refractivity contribution in [2.75, 3.05) is 0 Å². The molecule has 0 N–H and O–H groups in total. The topological polar surface area (TPSA) is 54.5 Å². The number of fused-ring (bicyclic) bond motifs is 1. The standard InChI is InChI=1S/C8H9NO3/c10-6-4-8(12)9-5(6)2-1-3-7(9)11/h5H,1-4H2/t5-/m0/s1. The van der Waals surface area contributed by atoms with Crippen molar-refractivity contribution in [3.63, 3.8) is 0 Å². The van der Waals surface area contributed by atoms with Gasteiger partial charge in [-0.25, -0.2) is 0 Å². The quantitative estimate of drug-likeness (QED) is 0.373. The van der Waals surface area contributed by atoms with Crippen LogP contribution in [0.1, 0.15) is 25.7 Å². The van der Waals surface area contributed by atoms with Crippen molar-refractivity contribution in [1.29, 1.82) is 0 Å². The Bertz CT molecular complexity index is 271. The Labute approximate surface area is 69.5 Å². The maximum atomic E-state index is 11.2. The molecule has 0 aromatic carbocycles. The maximum absolute atomic E-state index is 11.2. The Hall–Kier alpha value is -1.19. The number of hydrogen-bond donors (Lipinski definition) is 0. The molecule has 2 rings (SSSR count). The van der Waals surface area contributed by atoms with Gasteiger partial charge in [0.1, 0.15) is 0 Å². The number of carbonyl (C=O) groups is 3. The summed E-state index contributed by atoms with van der Waals surface area (Å²) >= 11 is 0. The molecule has 2 heterocycles. The number of carbonyl (C=O) groups excluding carboxylic acids is 3. The van der Waals surface area contributed by atoms with E-state index in [-0.39, 0.29) is 24.0 Å². The van der Waals surface area contributed by atoms with Crippen LogP contribution >= 0.6 is 0 Å². The molecule has 0 saturated carbocycles. The maximum Gasteiger partial charge on any atom is 0.237 e. The number of Topliss-reactive ketones (excluding diaryl/α,β-unsaturated/α-hetero) is 1. The molecule has 0 aromatic rings. The zero-order chi connectivity index (χ0) is 8.72. The van der Waals surface area contributed by atoms with Crippen molar-refractivity contribution in [2.45, 2.75) is 31.7 Å². The first kappa shape index (κ1) is 7.46. The van der Waals surface area contributed by atoms with Gasteiger partial charge in [-0.3, -0.25) is 19.3 Å². The molecule has 4 heteroatoms. The van der Waals surface area contributed by atoms with E-state index in [0.717, 1.165) is 11.3 Å². The van der Waals surface area contributed by atoms with Crippen molar-refractivity contribution in [2.24, 2.45) is 0 Å². The lowest BCUT2D eigenvalue weighted by molar-refractivity contribution is -0.146. The zero-order valence-corrected chi connectivity index (χ0v) is 6.58. The fourth-order valence-electron chi connectivity index (χ4n) is 1.84. The van der Waals surface area contributed by atoms with E-state index in [2.05, 4.69) is 0 Å². The van der Waals surface area contributed by atoms with Gasteiger partial charge in [-0.2, -0.15) is 0 Å². The summed E-state index contributed by atoms with van der Waals surface area (Å²) < 4.78 is 0. The van der Waals surface area contributed by atoms with E-state index >= 15 is 0 Å². The highest BCUT2D eigenvalue weighted by Crippen LogP contribution is 2.25. The van der Waals surface area contributed by atoms with Gasteiger partial charge in [-0.1, -0.05) is 0 Å². The number of imide groups is 1. The van der Waals surface area contributed by atoms with Crippen LogP contribution in [0.25, 0.3) is 0 Å². The number of hydrogen-bond acceptors (Lipinski definition) is 3. The fourth-order valence-corrected chi connectivity index (χ4v) is 1.84. The molecular weight excluding hydrogens is 158 g/mol. The van der Waals surface area contributed by atoms with Crippen LogP contribution in [0.15, 0.2) is 0 Å². The summed E-state index contributed by atoms with van der Waals surface area (Å²) in [5.74, 6) is -0.579. The second-order valence-electron chi connectivity index (χ2n) is 3.21. The number of ketones is 1. The van der Waals surface area contributed by atoms with Gasteiger partial charge in [-0.15, -0.1) is 0 Å². The summed E-state index contributed by atoms with van der Waals surface area (Å²) in [7, 11) is 0. The number of nitrogens with zero attached hydrogens (tertiary/aromatic N) is 1. The Kier molecular flexibility index (Phi) is 1.49. The van der Waals surface area contributed by atoms with Crippen LogP contribution in [0.3, 0.4) is 0 Å². The van der Waals surface area contributed by atoms with Crippen LogP contribution in [0.4, 0.5) is 0 Å².